The van der Waals surface area contributed by atoms with Crippen LogP contribution in [0.25, 0.3) is 5.82 Å². The van der Waals surface area contributed by atoms with Crippen molar-refractivity contribution in [2.24, 2.45) is 5.92 Å². The van der Waals surface area contributed by atoms with E-state index in [1.807, 2.05) is 11.0 Å². The molecule has 1 atom stereocenters. The fourth-order valence-corrected chi connectivity index (χ4v) is 3.36. The van der Waals surface area contributed by atoms with Crippen LogP contribution in [0.4, 0.5) is 15.9 Å². The maximum absolute atomic E-state index is 13.3. The van der Waals surface area contributed by atoms with E-state index in [0.29, 0.717) is 18.1 Å². The number of anilines is 2. The van der Waals surface area contributed by atoms with Crippen LogP contribution in [0, 0.1) is 11.7 Å². The van der Waals surface area contributed by atoms with Crippen molar-refractivity contribution in [1.82, 2.24) is 24.7 Å². The van der Waals surface area contributed by atoms with Crippen LogP contribution in [0.2, 0.25) is 5.02 Å². The minimum absolute atomic E-state index is 0.0234. The second-order valence-electron chi connectivity index (χ2n) is 6.48. The highest BCUT2D eigenvalue weighted by Crippen LogP contribution is 2.25. The first-order valence-electron chi connectivity index (χ1n) is 8.78. The summed E-state index contributed by atoms with van der Waals surface area (Å²) in [7, 11) is 0. The van der Waals surface area contributed by atoms with E-state index < -0.39 is 5.82 Å². The van der Waals surface area contributed by atoms with Crippen molar-refractivity contribution >= 4 is 29.0 Å². The zero-order valence-electron chi connectivity index (χ0n) is 14.8. The van der Waals surface area contributed by atoms with Gasteiger partial charge in [-0.05, 0) is 31.0 Å². The van der Waals surface area contributed by atoms with Gasteiger partial charge in [-0.3, -0.25) is 4.79 Å². The van der Waals surface area contributed by atoms with E-state index in [1.165, 1.54) is 30.9 Å². The lowest BCUT2D eigenvalue weighted by molar-refractivity contribution is -0.120. The molecule has 144 valence electrons. The van der Waals surface area contributed by atoms with Crippen LogP contribution in [0.1, 0.15) is 12.8 Å². The molecule has 28 heavy (non-hydrogen) atoms. The third-order valence-electron chi connectivity index (χ3n) is 4.60. The molecule has 4 rings (SSSR count). The molecule has 0 saturated carbocycles. The molecule has 1 amide bonds. The molecule has 1 saturated heterocycles. The highest BCUT2D eigenvalue weighted by Gasteiger charge is 2.27. The standard InChI is InChI=1S/C18H17ClFN7O/c19-14-6-13(3-4-15(14)20)25-18(28)12-2-1-5-26(8-12)16-7-17(23-10-22-16)27-11-21-9-24-27/h3-4,6-7,9-12H,1-2,5,8H2,(H,25,28). The average molecular weight is 402 g/mol. The molecule has 2 aromatic heterocycles. The number of carbonyl (C=O) groups excluding carboxylic acids is 1. The third-order valence-corrected chi connectivity index (χ3v) is 4.88. The van der Waals surface area contributed by atoms with Crippen LogP contribution in [-0.4, -0.2) is 43.7 Å². The van der Waals surface area contributed by atoms with Crippen molar-refractivity contribution in [1.29, 1.82) is 0 Å². The van der Waals surface area contributed by atoms with Crippen LogP contribution in [0.5, 0.6) is 0 Å². The molecule has 1 fully saturated rings. The monoisotopic (exact) mass is 401 g/mol. The molecule has 8 nitrogen and oxygen atoms in total. The lowest BCUT2D eigenvalue weighted by atomic mass is 9.97. The molecule has 0 bridgehead atoms. The number of benzene rings is 1. The Hall–Kier alpha value is -3.07. The molecular formula is C18H17ClFN7O. The molecule has 1 unspecified atom stereocenters. The number of amides is 1. The number of hydrogen-bond donors (Lipinski definition) is 1. The zero-order chi connectivity index (χ0) is 19.5. The van der Waals surface area contributed by atoms with Gasteiger partial charge in [0.1, 0.15) is 30.6 Å². The summed E-state index contributed by atoms with van der Waals surface area (Å²) in [6.07, 6.45) is 6.08. The van der Waals surface area contributed by atoms with Crippen LogP contribution >= 0.6 is 11.6 Å². The fourth-order valence-electron chi connectivity index (χ4n) is 3.18. The SMILES string of the molecule is O=C(Nc1ccc(F)c(Cl)c1)C1CCCN(c2cc(-n3cncn3)ncn2)C1. The number of halogens is 2. The molecule has 3 heterocycles. The van der Waals surface area contributed by atoms with Crippen molar-refractivity contribution in [3.8, 4) is 5.82 Å². The van der Waals surface area contributed by atoms with Gasteiger partial charge in [0.25, 0.3) is 0 Å². The molecule has 0 spiro atoms. The van der Waals surface area contributed by atoms with E-state index >= 15 is 0 Å². The van der Waals surface area contributed by atoms with Crippen LogP contribution in [0.15, 0.2) is 43.2 Å². The number of nitrogens with zero attached hydrogens (tertiary/aromatic N) is 6. The Kier molecular flexibility index (Phi) is 5.16. The predicted octanol–water partition coefficient (Wildman–Crippen LogP) is 2.70. The fraction of sp³-hybridized carbons (Fsp3) is 0.278. The lowest BCUT2D eigenvalue weighted by Crippen LogP contribution is -2.41. The summed E-state index contributed by atoms with van der Waals surface area (Å²) in [5.74, 6) is 0.466. The summed E-state index contributed by atoms with van der Waals surface area (Å²) in [6, 6.07) is 5.95. The minimum Gasteiger partial charge on any atom is -0.356 e. The number of nitrogens with one attached hydrogen (secondary N) is 1. The van der Waals surface area contributed by atoms with Gasteiger partial charge < -0.3 is 10.2 Å². The van der Waals surface area contributed by atoms with Gasteiger partial charge in [-0.25, -0.2) is 24.0 Å². The minimum atomic E-state index is -0.518. The van der Waals surface area contributed by atoms with Gasteiger partial charge >= 0.3 is 0 Å². The zero-order valence-corrected chi connectivity index (χ0v) is 15.6. The average Bonchev–Trinajstić information content (AvgIpc) is 3.26. The lowest BCUT2D eigenvalue weighted by Gasteiger charge is -2.32. The van der Waals surface area contributed by atoms with Crippen molar-refractivity contribution in [2.75, 3.05) is 23.3 Å². The highest BCUT2D eigenvalue weighted by molar-refractivity contribution is 6.31. The van der Waals surface area contributed by atoms with Crippen LogP contribution in [0.3, 0.4) is 0 Å². The van der Waals surface area contributed by atoms with Crippen LogP contribution in [-0.2, 0) is 4.79 Å². The van der Waals surface area contributed by atoms with E-state index in [9.17, 15) is 9.18 Å². The van der Waals surface area contributed by atoms with Crippen molar-refractivity contribution in [3.63, 3.8) is 0 Å². The van der Waals surface area contributed by atoms with Gasteiger partial charge in [0, 0.05) is 24.8 Å². The Morgan fingerprint density at radius 1 is 1.21 bits per heavy atom. The van der Waals surface area contributed by atoms with Gasteiger partial charge in [-0.2, -0.15) is 5.10 Å². The Balaban J connectivity index is 1.46. The van der Waals surface area contributed by atoms with Crippen molar-refractivity contribution < 1.29 is 9.18 Å². The van der Waals surface area contributed by atoms with Crippen molar-refractivity contribution in [2.45, 2.75) is 12.8 Å². The predicted molar refractivity (Wildman–Crippen MR) is 102 cm³/mol. The van der Waals surface area contributed by atoms with E-state index in [4.69, 9.17) is 11.6 Å². The maximum Gasteiger partial charge on any atom is 0.229 e. The van der Waals surface area contributed by atoms with Gasteiger partial charge in [0.05, 0.1) is 10.9 Å². The summed E-state index contributed by atoms with van der Waals surface area (Å²) in [5.41, 5.74) is 0.476. The van der Waals surface area contributed by atoms with E-state index in [-0.39, 0.29) is 16.8 Å². The Morgan fingerprint density at radius 2 is 2.07 bits per heavy atom. The van der Waals surface area contributed by atoms with Gasteiger partial charge in [0.15, 0.2) is 5.82 Å². The summed E-state index contributed by atoms with van der Waals surface area (Å²) in [5, 5.41) is 6.86. The molecule has 3 aromatic rings. The second-order valence-corrected chi connectivity index (χ2v) is 6.88. The first kappa shape index (κ1) is 18.3. The van der Waals surface area contributed by atoms with Crippen molar-refractivity contribution in [3.05, 3.63) is 54.1 Å². The summed E-state index contributed by atoms with van der Waals surface area (Å²) in [6.45, 7) is 1.31. The molecule has 1 N–H and O–H groups in total. The second kappa shape index (κ2) is 7.89. The normalized spacial score (nSPS) is 16.8. The number of carbonyl (C=O) groups is 1. The first-order chi connectivity index (χ1) is 13.6. The number of aromatic nitrogens is 5. The van der Waals surface area contributed by atoms with E-state index in [1.54, 1.807) is 11.0 Å². The quantitative estimate of drug-likeness (QED) is 0.723. The topological polar surface area (TPSA) is 88.8 Å². The molecule has 0 aliphatic carbocycles. The van der Waals surface area contributed by atoms with Gasteiger partial charge in [-0.1, -0.05) is 11.6 Å². The third kappa shape index (κ3) is 3.94. The summed E-state index contributed by atoms with van der Waals surface area (Å²) >= 11 is 5.78. The Labute approximate surface area is 165 Å². The Bertz CT molecular complexity index is 982. The molecule has 10 heteroatoms. The molecular weight excluding hydrogens is 385 g/mol. The number of piperidine rings is 1. The highest BCUT2D eigenvalue weighted by atomic mass is 35.5. The van der Waals surface area contributed by atoms with Gasteiger partial charge in [0.2, 0.25) is 5.91 Å². The summed E-state index contributed by atoms with van der Waals surface area (Å²) < 4.78 is 14.8. The smallest absolute Gasteiger partial charge is 0.229 e. The molecule has 1 aromatic carbocycles. The number of hydrogen-bond acceptors (Lipinski definition) is 6. The maximum atomic E-state index is 13.3. The van der Waals surface area contributed by atoms with E-state index in [2.05, 4.69) is 25.4 Å². The van der Waals surface area contributed by atoms with Crippen LogP contribution < -0.4 is 10.2 Å². The first-order valence-corrected chi connectivity index (χ1v) is 9.16. The molecule has 0 radical (unpaired) electrons. The molecule has 1 aliphatic heterocycles. The van der Waals surface area contributed by atoms with Gasteiger partial charge in [-0.15, -0.1) is 0 Å². The number of rotatable bonds is 4. The summed E-state index contributed by atoms with van der Waals surface area (Å²) in [4.78, 5) is 27.2. The molecule has 1 aliphatic rings. The largest absolute Gasteiger partial charge is 0.356 e. The van der Waals surface area contributed by atoms with E-state index in [0.717, 1.165) is 25.2 Å². The Morgan fingerprint density at radius 3 is 2.86 bits per heavy atom.